The Bertz CT molecular complexity index is 1860. The van der Waals surface area contributed by atoms with E-state index < -0.39 is 141 Å². The molecule has 9 rings (SSSR count). The molecule has 20 nitrogen and oxygen atoms in total. The van der Waals surface area contributed by atoms with Gasteiger partial charge in [-0.25, -0.2) is 0 Å². The summed E-state index contributed by atoms with van der Waals surface area (Å²) in [6.07, 6.45) is -15.8. The predicted octanol–water partition coefficient (Wildman–Crippen LogP) is -1.17. The summed E-state index contributed by atoms with van der Waals surface area (Å²) < 4.78 is 49.3. The number of carbonyl (C=O) groups is 1. The number of rotatable bonds is 14. The highest BCUT2D eigenvalue weighted by molar-refractivity contribution is 5.81. The summed E-state index contributed by atoms with van der Waals surface area (Å²) >= 11 is 0. The molecule has 0 aromatic carbocycles. The summed E-state index contributed by atoms with van der Waals surface area (Å²) in [5, 5.41) is 114. The fourth-order valence-corrected chi connectivity index (χ4v) is 16.6. The zero-order valence-electron chi connectivity index (χ0n) is 41.0. The standard InChI is InChI=1S/C49H80O20/c1-21(18-63-41-37(60)34(57)31(54)25(15-50)64-41)23(53)14-24-22(2)40-45(5)12-13-48-20-47(48)11-10-30(44(3,4)28(47)8-9-29(48)46(45,6)19-49(40,62-7)69-24)67-43-39(36(59)33(56)27(17-52)66-43)68-42-38(61)35(58)32(55)26(16-51)65-42/h21-22,24-43,50-52,54-61H,8-20H2,1-7H3/t21?,22?,24-,25+,26+,27+,28?,29-,30-,31+,32+,33+,34+,35-,36-,37+,38+,39+,40?,41+,42-,43-,45+,46-,47+,48-,49-/m0/s1. The lowest BCUT2D eigenvalue weighted by molar-refractivity contribution is -0.377. The maximum Gasteiger partial charge on any atom is 0.187 e. The van der Waals surface area contributed by atoms with E-state index in [-0.39, 0.29) is 58.2 Å². The first kappa shape index (κ1) is 52.8. The van der Waals surface area contributed by atoms with E-state index in [1.807, 2.05) is 0 Å². The summed E-state index contributed by atoms with van der Waals surface area (Å²) in [6.45, 7) is 11.2. The molecule has 5 aliphatic carbocycles. The van der Waals surface area contributed by atoms with Gasteiger partial charge in [-0.1, -0.05) is 41.5 Å². The van der Waals surface area contributed by atoms with Crippen molar-refractivity contribution in [3.8, 4) is 0 Å². The smallest absolute Gasteiger partial charge is 0.187 e. The molecular weight excluding hydrogens is 909 g/mol. The van der Waals surface area contributed by atoms with Crippen molar-refractivity contribution < 1.29 is 98.9 Å². The van der Waals surface area contributed by atoms with E-state index >= 15 is 0 Å². The van der Waals surface area contributed by atoms with Gasteiger partial charge in [0, 0.05) is 31.8 Å². The lowest BCUT2D eigenvalue weighted by Crippen LogP contribution is -2.65. The summed E-state index contributed by atoms with van der Waals surface area (Å²) in [4.78, 5) is 13.8. The molecule has 0 amide bonds. The van der Waals surface area contributed by atoms with E-state index in [0.717, 1.165) is 38.5 Å². The van der Waals surface area contributed by atoms with E-state index in [2.05, 4.69) is 34.6 Å². The quantitative estimate of drug-likeness (QED) is 0.0915. The number of aliphatic hydroxyl groups excluding tert-OH is 11. The molecule has 4 unspecified atom stereocenters. The molecule has 4 aliphatic heterocycles. The van der Waals surface area contributed by atoms with Gasteiger partial charge in [-0.3, -0.25) is 4.79 Å². The van der Waals surface area contributed by atoms with Crippen LogP contribution in [-0.2, 0) is 42.7 Å². The molecular formula is C49H80O20. The van der Waals surface area contributed by atoms with E-state index in [9.17, 15) is 61.0 Å². The molecule has 0 aromatic heterocycles. The van der Waals surface area contributed by atoms with Crippen molar-refractivity contribution >= 4 is 5.78 Å². The Hall–Kier alpha value is -1.09. The number of hydrogen-bond acceptors (Lipinski definition) is 20. The van der Waals surface area contributed by atoms with Gasteiger partial charge >= 0.3 is 0 Å². The molecule has 9 fully saturated rings. The number of Topliss-reactive ketones (excluding diaryl/α,β-unsaturated/α-hetero) is 1. The van der Waals surface area contributed by atoms with E-state index in [1.54, 1.807) is 14.0 Å². The Morgan fingerprint density at radius 1 is 0.623 bits per heavy atom. The van der Waals surface area contributed by atoms with Crippen LogP contribution in [0.15, 0.2) is 0 Å². The summed E-state index contributed by atoms with van der Waals surface area (Å²) in [6, 6.07) is 0. The number of hydrogen-bond donors (Lipinski definition) is 11. The molecule has 69 heavy (non-hydrogen) atoms. The first-order chi connectivity index (χ1) is 32.5. The van der Waals surface area contributed by atoms with Gasteiger partial charge in [-0.05, 0) is 89.8 Å². The number of ketones is 1. The average Bonchev–Trinajstić information content (AvgIpc) is 3.84. The van der Waals surface area contributed by atoms with E-state index in [1.165, 1.54) is 0 Å². The number of methoxy groups -OCH3 is 1. The first-order valence-electron chi connectivity index (χ1n) is 25.4. The number of carbonyl (C=O) groups excluding carboxylic acids is 1. The lowest BCUT2D eigenvalue weighted by atomic mass is 9.41. The van der Waals surface area contributed by atoms with Crippen LogP contribution in [0, 0.1) is 56.7 Å². The fraction of sp³-hybridized carbons (Fsp3) is 0.980. The maximum atomic E-state index is 13.8. The van der Waals surface area contributed by atoms with Gasteiger partial charge in [0.1, 0.15) is 79.0 Å². The topological polar surface area (TPSA) is 313 Å². The fourth-order valence-electron chi connectivity index (χ4n) is 16.6. The van der Waals surface area contributed by atoms with Gasteiger partial charge in [0.25, 0.3) is 0 Å². The molecule has 4 heterocycles. The second-order valence-electron chi connectivity index (χ2n) is 23.8. The third-order valence-corrected chi connectivity index (χ3v) is 20.5. The van der Waals surface area contributed by atoms with Gasteiger partial charge in [0.2, 0.25) is 0 Å². The zero-order chi connectivity index (χ0) is 50.1. The second kappa shape index (κ2) is 18.6. The Kier molecular flexibility index (Phi) is 14.2. The normalized spacial score (nSPS) is 55.8. The van der Waals surface area contributed by atoms with Crippen molar-refractivity contribution in [2.75, 3.05) is 33.5 Å². The molecule has 11 N–H and O–H groups in total. The van der Waals surface area contributed by atoms with Crippen LogP contribution < -0.4 is 0 Å². The average molecular weight is 989 g/mol. The minimum atomic E-state index is -1.77. The third-order valence-electron chi connectivity index (χ3n) is 20.5. The van der Waals surface area contributed by atoms with Gasteiger partial charge < -0.3 is 94.1 Å². The Morgan fingerprint density at radius 3 is 1.78 bits per heavy atom. The van der Waals surface area contributed by atoms with Crippen LogP contribution in [0.3, 0.4) is 0 Å². The molecule has 5 saturated carbocycles. The minimum absolute atomic E-state index is 0.00931. The van der Waals surface area contributed by atoms with E-state index in [0.29, 0.717) is 18.8 Å². The van der Waals surface area contributed by atoms with E-state index in [4.69, 9.17) is 37.9 Å². The van der Waals surface area contributed by atoms with Gasteiger partial charge in [0.05, 0.1) is 38.6 Å². The van der Waals surface area contributed by atoms with Crippen molar-refractivity contribution in [3.63, 3.8) is 0 Å². The highest BCUT2D eigenvalue weighted by Gasteiger charge is 2.85. The second-order valence-corrected chi connectivity index (χ2v) is 23.8. The molecule has 27 atom stereocenters. The summed E-state index contributed by atoms with van der Waals surface area (Å²) in [7, 11) is 1.72. The molecule has 0 aromatic rings. The van der Waals surface area contributed by atoms with Crippen LogP contribution in [0.2, 0.25) is 0 Å². The molecule has 0 radical (unpaired) electrons. The molecule has 396 valence electrons. The van der Waals surface area contributed by atoms with Crippen LogP contribution in [0.25, 0.3) is 0 Å². The van der Waals surface area contributed by atoms with Crippen LogP contribution >= 0.6 is 0 Å². The van der Waals surface area contributed by atoms with Crippen LogP contribution in [0.5, 0.6) is 0 Å². The van der Waals surface area contributed by atoms with Crippen molar-refractivity contribution in [3.05, 3.63) is 0 Å². The molecule has 0 bridgehead atoms. The van der Waals surface area contributed by atoms with Crippen LogP contribution in [-0.4, -0.2) is 206 Å². The summed E-state index contributed by atoms with van der Waals surface area (Å²) in [5.74, 6) is -0.919. The minimum Gasteiger partial charge on any atom is -0.394 e. The summed E-state index contributed by atoms with van der Waals surface area (Å²) in [5.41, 5.74) is -0.569. The van der Waals surface area contributed by atoms with Gasteiger partial charge in [0.15, 0.2) is 24.7 Å². The van der Waals surface area contributed by atoms with Crippen molar-refractivity contribution in [2.24, 2.45) is 56.7 Å². The highest BCUT2D eigenvalue weighted by Crippen LogP contribution is 2.90. The molecule has 4 saturated heterocycles. The largest absolute Gasteiger partial charge is 0.394 e. The highest BCUT2D eigenvalue weighted by atomic mass is 16.8. The monoisotopic (exact) mass is 989 g/mol. The Balaban J connectivity index is 0.877. The SMILES string of the molecule is CO[C@]12C[C@@]3(C)[C@@H]4CCC5C(C)(C)[C@@H](O[C@@H]6O[C@H](CO)[C@@H](O)[C@H](O)[C@H]6O[C@@H]6O[C@H](CO)[C@@H](O)[C@H](O)[C@H]6O)CC[C@@]56C[C@@]46CC[C@]3(C)C1C(C)[C@H](CC(=O)C(C)CO[C@@H]1O[C@H](CO)[C@@H](O)[C@@H](O)[C@H]1O)O2. The lowest BCUT2D eigenvalue weighted by Gasteiger charge is -2.63. The van der Waals surface area contributed by atoms with Crippen LogP contribution in [0.4, 0.5) is 0 Å². The molecule has 20 heteroatoms. The molecule has 9 aliphatic rings. The first-order valence-corrected chi connectivity index (χ1v) is 25.4. The van der Waals surface area contributed by atoms with Gasteiger partial charge in [-0.15, -0.1) is 0 Å². The third kappa shape index (κ3) is 7.82. The number of aliphatic hydroxyl groups is 11. The number of ether oxygens (including phenoxy) is 8. The Morgan fingerprint density at radius 2 is 1.17 bits per heavy atom. The van der Waals surface area contributed by atoms with Crippen molar-refractivity contribution in [2.45, 2.75) is 209 Å². The zero-order valence-corrected chi connectivity index (χ0v) is 41.0. The van der Waals surface area contributed by atoms with Crippen LogP contribution in [0.1, 0.15) is 99.3 Å². The molecule has 2 spiro atoms. The van der Waals surface area contributed by atoms with Crippen molar-refractivity contribution in [1.29, 1.82) is 0 Å². The number of fused-ring (bicyclic) bond motifs is 4. The maximum absolute atomic E-state index is 13.8. The van der Waals surface area contributed by atoms with Crippen molar-refractivity contribution in [1.82, 2.24) is 0 Å². The predicted molar refractivity (Wildman–Crippen MR) is 236 cm³/mol. The van der Waals surface area contributed by atoms with Gasteiger partial charge in [-0.2, -0.15) is 0 Å². The Labute approximate surface area is 403 Å².